The van der Waals surface area contributed by atoms with E-state index in [0.717, 1.165) is 38.6 Å². The number of carbonyl (C=O) groups excluding carboxylic acids is 1. The van der Waals surface area contributed by atoms with E-state index in [1.807, 2.05) is 20.8 Å². The van der Waals surface area contributed by atoms with Crippen molar-refractivity contribution in [1.82, 2.24) is 20.4 Å². The van der Waals surface area contributed by atoms with Crippen molar-refractivity contribution in [2.45, 2.75) is 58.8 Å². The Labute approximate surface area is 198 Å². The largest absolute Gasteiger partial charge is 0.444 e. The lowest BCUT2D eigenvalue weighted by molar-refractivity contribution is 0.0507. The molecule has 30 heavy (non-hydrogen) atoms. The van der Waals surface area contributed by atoms with E-state index in [0.29, 0.717) is 6.54 Å². The Kier molecular flexibility index (Phi) is 10.9. The van der Waals surface area contributed by atoms with Gasteiger partial charge in [-0.05, 0) is 59.3 Å². The average Bonchev–Trinajstić information content (AvgIpc) is 3.04. The number of alkyl carbamates (subject to hydrolysis) is 1. The first-order valence-corrected chi connectivity index (χ1v) is 10.4. The molecule has 2 N–H and O–H groups in total. The third-order valence-corrected chi connectivity index (χ3v) is 4.45. The van der Waals surface area contributed by atoms with Crippen LogP contribution < -0.4 is 10.6 Å². The fraction of sp³-hybridized carbons (Fsp3) is 0.636. The van der Waals surface area contributed by atoms with Gasteiger partial charge in [0, 0.05) is 26.2 Å². The first kappa shape index (κ1) is 26.5. The van der Waals surface area contributed by atoms with Crippen LogP contribution in [0.4, 0.5) is 4.79 Å². The number of guanidine groups is 1. The molecule has 170 valence electrons. The van der Waals surface area contributed by atoms with E-state index in [4.69, 9.17) is 9.73 Å². The third-order valence-electron chi connectivity index (χ3n) is 4.45. The molecule has 0 spiro atoms. The lowest BCUT2D eigenvalue weighted by Gasteiger charge is -2.23. The number of benzene rings is 1. The third kappa shape index (κ3) is 9.51. The molecule has 0 saturated carbocycles. The number of hydrogen-bond donors (Lipinski definition) is 2. The van der Waals surface area contributed by atoms with Gasteiger partial charge in [-0.1, -0.05) is 24.3 Å². The predicted molar refractivity (Wildman–Crippen MR) is 133 cm³/mol. The SMILES string of the molecule is CCNC(=NCc1cccc(CN(C)C)c1)N1CCC(NC(=O)OC(C)(C)C)C1.I. The number of likely N-dealkylation sites (tertiary alicyclic amines) is 1. The highest BCUT2D eigenvalue weighted by atomic mass is 127. The Bertz CT molecular complexity index is 703. The zero-order valence-corrected chi connectivity index (χ0v) is 21.5. The van der Waals surface area contributed by atoms with Gasteiger partial charge in [0.05, 0.1) is 12.6 Å². The molecule has 0 radical (unpaired) electrons. The van der Waals surface area contributed by atoms with Gasteiger partial charge in [0.1, 0.15) is 5.60 Å². The summed E-state index contributed by atoms with van der Waals surface area (Å²) in [4.78, 5) is 21.2. The Balaban J connectivity index is 0.00000450. The van der Waals surface area contributed by atoms with E-state index in [1.165, 1.54) is 11.1 Å². The van der Waals surface area contributed by atoms with Crippen LogP contribution in [0.25, 0.3) is 0 Å². The maximum Gasteiger partial charge on any atom is 0.407 e. The van der Waals surface area contributed by atoms with Crippen molar-refractivity contribution in [3.8, 4) is 0 Å². The fourth-order valence-corrected chi connectivity index (χ4v) is 3.33. The summed E-state index contributed by atoms with van der Waals surface area (Å²) in [6.45, 7) is 11.6. The van der Waals surface area contributed by atoms with Crippen LogP contribution in [0.3, 0.4) is 0 Å². The molecular formula is C22H38IN5O2. The fourth-order valence-electron chi connectivity index (χ4n) is 3.33. The minimum Gasteiger partial charge on any atom is -0.444 e. The molecule has 1 aromatic rings. The van der Waals surface area contributed by atoms with Crippen molar-refractivity contribution in [2.75, 3.05) is 33.7 Å². The first-order valence-electron chi connectivity index (χ1n) is 10.4. The summed E-state index contributed by atoms with van der Waals surface area (Å²) in [5, 5.41) is 6.35. The second-order valence-electron chi connectivity index (χ2n) is 8.81. The number of nitrogens with one attached hydrogen (secondary N) is 2. The van der Waals surface area contributed by atoms with E-state index in [-0.39, 0.29) is 36.1 Å². The summed E-state index contributed by atoms with van der Waals surface area (Å²) in [6, 6.07) is 8.63. The van der Waals surface area contributed by atoms with Crippen LogP contribution in [0, 0.1) is 0 Å². The Hall–Kier alpha value is -1.55. The molecule has 1 atom stereocenters. The zero-order valence-electron chi connectivity index (χ0n) is 19.2. The number of halogens is 1. The maximum atomic E-state index is 12.0. The van der Waals surface area contributed by atoms with Crippen LogP contribution in [0.2, 0.25) is 0 Å². The number of aliphatic imine (C=N–C) groups is 1. The normalized spacial score (nSPS) is 17.0. The van der Waals surface area contributed by atoms with Crippen LogP contribution in [-0.2, 0) is 17.8 Å². The summed E-state index contributed by atoms with van der Waals surface area (Å²) < 4.78 is 5.37. The molecule has 1 aromatic carbocycles. The quantitative estimate of drug-likeness (QED) is 0.335. The summed E-state index contributed by atoms with van der Waals surface area (Å²) in [5.74, 6) is 0.888. The number of carbonyl (C=O) groups is 1. The van der Waals surface area contributed by atoms with Crippen molar-refractivity contribution in [3.05, 3.63) is 35.4 Å². The minimum absolute atomic E-state index is 0. The summed E-state index contributed by atoms with van der Waals surface area (Å²) in [7, 11) is 4.15. The lowest BCUT2D eigenvalue weighted by atomic mass is 10.1. The number of hydrogen-bond acceptors (Lipinski definition) is 4. The molecule has 1 heterocycles. The monoisotopic (exact) mass is 531 g/mol. The van der Waals surface area contributed by atoms with E-state index < -0.39 is 5.60 Å². The van der Waals surface area contributed by atoms with Gasteiger partial charge < -0.3 is 25.2 Å². The van der Waals surface area contributed by atoms with Gasteiger partial charge in [-0.15, -0.1) is 24.0 Å². The smallest absolute Gasteiger partial charge is 0.407 e. The van der Waals surface area contributed by atoms with Crippen LogP contribution >= 0.6 is 24.0 Å². The van der Waals surface area contributed by atoms with Crippen molar-refractivity contribution in [1.29, 1.82) is 0 Å². The van der Waals surface area contributed by atoms with Crippen LogP contribution in [0.15, 0.2) is 29.3 Å². The maximum absolute atomic E-state index is 12.0. The molecule has 1 amide bonds. The number of ether oxygens (including phenoxy) is 1. The number of nitrogens with zero attached hydrogens (tertiary/aromatic N) is 3. The zero-order chi connectivity index (χ0) is 21.4. The van der Waals surface area contributed by atoms with E-state index in [2.05, 4.69) is 65.7 Å². The van der Waals surface area contributed by atoms with Gasteiger partial charge in [-0.3, -0.25) is 0 Å². The second kappa shape index (κ2) is 12.3. The Morgan fingerprint density at radius 3 is 2.63 bits per heavy atom. The standard InChI is InChI=1S/C22H37N5O2.HI/c1-7-23-20(24-14-17-9-8-10-18(13-17)15-26(5)6)27-12-11-19(16-27)25-21(28)29-22(2,3)4;/h8-10,13,19H,7,11-12,14-16H2,1-6H3,(H,23,24)(H,25,28);1H. The van der Waals surface area contributed by atoms with Gasteiger partial charge in [-0.25, -0.2) is 9.79 Å². The van der Waals surface area contributed by atoms with Crippen molar-refractivity contribution in [2.24, 2.45) is 4.99 Å². The van der Waals surface area contributed by atoms with Gasteiger partial charge in [0.15, 0.2) is 5.96 Å². The van der Waals surface area contributed by atoms with E-state index in [9.17, 15) is 4.79 Å². The summed E-state index contributed by atoms with van der Waals surface area (Å²) in [6.07, 6.45) is 0.520. The highest BCUT2D eigenvalue weighted by molar-refractivity contribution is 14.0. The molecule has 0 aromatic heterocycles. The molecule has 8 heteroatoms. The topological polar surface area (TPSA) is 69.2 Å². The first-order chi connectivity index (χ1) is 13.7. The van der Waals surface area contributed by atoms with Gasteiger partial charge in [-0.2, -0.15) is 0 Å². The number of amides is 1. The van der Waals surface area contributed by atoms with Gasteiger partial charge >= 0.3 is 6.09 Å². The molecule has 1 aliphatic heterocycles. The number of rotatable bonds is 6. The lowest BCUT2D eigenvalue weighted by Crippen LogP contribution is -2.44. The molecule has 1 aliphatic rings. The minimum atomic E-state index is -0.486. The highest BCUT2D eigenvalue weighted by Gasteiger charge is 2.27. The van der Waals surface area contributed by atoms with Gasteiger partial charge in [0.25, 0.3) is 0 Å². The molecule has 1 unspecified atom stereocenters. The van der Waals surface area contributed by atoms with Gasteiger partial charge in [0.2, 0.25) is 0 Å². The molecule has 1 saturated heterocycles. The molecule has 7 nitrogen and oxygen atoms in total. The summed E-state index contributed by atoms with van der Waals surface area (Å²) >= 11 is 0. The van der Waals surface area contributed by atoms with E-state index >= 15 is 0 Å². The van der Waals surface area contributed by atoms with Crippen LogP contribution in [0.5, 0.6) is 0 Å². The molecule has 0 aliphatic carbocycles. The molecule has 2 rings (SSSR count). The molecular weight excluding hydrogens is 493 g/mol. The summed E-state index contributed by atoms with van der Waals surface area (Å²) in [5.41, 5.74) is 2.00. The van der Waals surface area contributed by atoms with E-state index in [1.54, 1.807) is 0 Å². The van der Waals surface area contributed by atoms with Crippen molar-refractivity contribution in [3.63, 3.8) is 0 Å². The van der Waals surface area contributed by atoms with Crippen molar-refractivity contribution >= 4 is 36.0 Å². The van der Waals surface area contributed by atoms with Crippen LogP contribution in [0.1, 0.15) is 45.2 Å². The average molecular weight is 531 g/mol. The second-order valence-corrected chi connectivity index (χ2v) is 8.81. The molecule has 0 bridgehead atoms. The highest BCUT2D eigenvalue weighted by Crippen LogP contribution is 2.13. The van der Waals surface area contributed by atoms with Crippen molar-refractivity contribution < 1.29 is 9.53 Å². The van der Waals surface area contributed by atoms with Crippen LogP contribution in [-0.4, -0.2) is 67.2 Å². The molecule has 1 fully saturated rings. The predicted octanol–water partition coefficient (Wildman–Crippen LogP) is 3.43. The Morgan fingerprint density at radius 2 is 2.00 bits per heavy atom. The Morgan fingerprint density at radius 1 is 1.30 bits per heavy atom.